The molecule has 0 amide bonds. The molecule has 0 saturated carbocycles. The van der Waals surface area contributed by atoms with Crippen LogP contribution >= 0.6 is 12.2 Å². The highest BCUT2D eigenvalue weighted by atomic mass is 32.1. The molecule has 0 bridgehead atoms. The molecule has 2 aromatic rings. The number of fused-ring (bicyclic) bond motifs is 1. The third-order valence-corrected chi connectivity index (χ3v) is 5.14. The van der Waals surface area contributed by atoms with Crippen LogP contribution in [0.5, 0.6) is 0 Å². The molecular formula is C20H25N5OS. The quantitative estimate of drug-likeness (QED) is 0.523. The van der Waals surface area contributed by atoms with Gasteiger partial charge >= 0.3 is 0 Å². The molecule has 1 atom stereocenters. The fraction of sp³-hybridized carbons (Fsp3) is 0.450. The predicted octanol–water partition coefficient (Wildman–Crippen LogP) is 2.78. The Morgan fingerprint density at radius 1 is 1.33 bits per heavy atom. The van der Waals surface area contributed by atoms with E-state index in [2.05, 4.69) is 46.9 Å². The number of hydrogen-bond acceptors (Lipinski definition) is 5. The second-order valence-electron chi connectivity index (χ2n) is 6.77. The van der Waals surface area contributed by atoms with Crippen molar-refractivity contribution >= 4 is 34.1 Å². The maximum atomic E-state index is 9.43. The standard InChI is InChI=1S/C20H25N5OS/c1-13-5-6-15-10-16(11-21)19(25-18(15)14(13)2)22-7-8-23-20(27)24-12-17-4-3-9-26-17/h5-6,10,17H,3-4,7-9,12H2,1-2H3,(H,22,25)(H2,23,24,27). The molecule has 1 aromatic heterocycles. The second-order valence-corrected chi connectivity index (χ2v) is 7.18. The summed E-state index contributed by atoms with van der Waals surface area (Å²) in [6.45, 7) is 6.95. The van der Waals surface area contributed by atoms with Crippen molar-refractivity contribution in [3.63, 3.8) is 0 Å². The van der Waals surface area contributed by atoms with Crippen LogP contribution in [-0.4, -0.2) is 42.4 Å². The highest BCUT2D eigenvalue weighted by Crippen LogP contribution is 2.24. The van der Waals surface area contributed by atoms with Crippen molar-refractivity contribution in [2.45, 2.75) is 32.8 Å². The SMILES string of the molecule is Cc1ccc2cc(C#N)c(NCCNC(=S)NCC3CCCO3)nc2c1C. The monoisotopic (exact) mass is 383 g/mol. The Labute approximate surface area is 165 Å². The molecule has 1 aliphatic rings. The molecule has 1 fully saturated rings. The van der Waals surface area contributed by atoms with E-state index in [0.29, 0.717) is 29.6 Å². The molecule has 1 aromatic carbocycles. The van der Waals surface area contributed by atoms with E-state index in [1.165, 1.54) is 5.56 Å². The Kier molecular flexibility index (Phi) is 6.43. The molecule has 3 N–H and O–H groups in total. The molecule has 0 spiro atoms. The van der Waals surface area contributed by atoms with E-state index in [9.17, 15) is 5.26 Å². The number of nitrogens with one attached hydrogen (secondary N) is 3. The number of nitrogens with zero attached hydrogens (tertiary/aromatic N) is 2. The van der Waals surface area contributed by atoms with Crippen LogP contribution in [0, 0.1) is 25.2 Å². The van der Waals surface area contributed by atoms with E-state index < -0.39 is 0 Å². The summed E-state index contributed by atoms with van der Waals surface area (Å²) in [6, 6.07) is 8.18. The number of hydrogen-bond donors (Lipinski definition) is 3. The van der Waals surface area contributed by atoms with Gasteiger partial charge in [0.2, 0.25) is 0 Å². The van der Waals surface area contributed by atoms with Crippen LogP contribution in [0.1, 0.15) is 29.5 Å². The van der Waals surface area contributed by atoms with E-state index in [1.54, 1.807) is 0 Å². The maximum Gasteiger partial charge on any atom is 0.166 e. The molecule has 7 heteroatoms. The van der Waals surface area contributed by atoms with Gasteiger partial charge in [-0.2, -0.15) is 5.26 Å². The minimum atomic E-state index is 0.259. The van der Waals surface area contributed by atoms with Crippen LogP contribution in [0.25, 0.3) is 10.9 Å². The summed E-state index contributed by atoms with van der Waals surface area (Å²) >= 11 is 5.29. The van der Waals surface area contributed by atoms with Gasteiger partial charge in [-0.25, -0.2) is 4.98 Å². The first-order valence-electron chi connectivity index (χ1n) is 9.26. The first-order valence-corrected chi connectivity index (χ1v) is 9.67. The van der Waals surface area contributed by atoms with E-state index in [4.69, 9.17) is 17.0 Å². The lowest BCUT2D eigenvalue weighted by Crippen LogP contribution is -2.41. The molecule has 6 nitrogen and oxygen atoms in total. The van der Waals surface area contributed by atoms with Gasteiger partial charge in [0.25, 0.3) is 0 Å². The summed E-state index contributed by atoms with van der Waals surface area (Å²) in [4.78, 5) is 4.69. The fourth-order valence-corrected chi connectivity index (χ4v) is 3.32. The second kappa shape index (κ2) is 8.98. The van der Waals surface area contributed by atoms with Gasteiger partial charge in [-0.05, 0) is 56.1 Å². The van der Waals surface area contributed by atoms with Gasteiger partial charge in [0.05, 0.1) is 17.2 Å². The van der Waals surface area contributed by atoms with Crippen molar-refractivity contribution in [3.8, 4) is 6.07 Å². The molecule has 3 rings (SSSR count). The average Bonchev–Trinajstić information content (AvgIpc) is 3.20. The van der Waals surface area contributed by atoms with Crippen LogP contribution < -0.4 is 16.0 Å². The molecular weight excluding hydrogens is 358 g/mol. The average molecular weight is 384 g/mol. The summed E-state index contributed by atoms with van der Waals surface area (Å²) in [6.07, 6.45) is 2.46. The summed E-state index contributed by atoms with van der Waals surface area (Å²) < 4.78 is 5.56. The minimum absolute atomic E-state index is 0.259. The number of anilines is 1. The molecule has 0 radical (unpaired) electrons. The number of rotatable bonds is 6. The van der Waals surface area contributed by atoms with Crippen molar-refractivity contribution in [2.24, 2.45) is 0 Å². The maximum absolute atomic E-state index is 9.43. The van der Waals surface area contributed by atoms with Gasteiger partial charge in [-0.15, -0.1) is 0 Å². The van der Waals surface area contributed by atoms with Crippen molar-refractivity contribution in [2.75, 3.05) is 31.6 Å². The van der Waals surface area contributed by atoms with E-state index in [1.807, 2.05) is 12.1 Å². The van der Waals surface area contributed by atoms with Crippen LogP contribution in [0.4, 0.5) is 5.82 Å². The van der Waals surface area contributed by atoms with Gasteiger partial charge in [0.15, 0.2) is 5.11 Å². The first kappa shape index (κ1) is 19.3. The molecule has 2 heterocycles. The summed E-state index contributed by atoms with van der Waals surface area (Å²) in [7, 11) is 0. The van der Waals surface area contributed by atoms with Gasteiger partial charge in [0, 0.05) is 31.6 Å². The number of ether oxygens (including phenoxy) is 1. The number of benzene rings is 1. The Morgan fingerprint density at radius 2 is 2.19 bits per heavy atom. The Bertz CT molecular complexity index is 871. The fourth-order valence-electron chi connectivity index (χ4n) is 3.13. The van der Waals surface area contributed by atoms with Crippen LogP contribution in [0.2, 0.25) is 0 Å². The topological polar surface area (TPSA) is 82.0 Å². The van der Waals surface area contributed by atoms with E-state index >= 15 is 0 Å². The van der Waals surface area contributed by atoms with Crippen LogP contribution in [-0.2, 0) is 4.74 Å². The van der Waals surface area contributed by atoms with Crippen molar-refractivity contribution in [3.05, 3.63) is 34.9 Å². The number of aryl methyl sites for hydroxylation is 2. The number of aromatic nitrogens is 1. The smallest absolute Gasteiger partial charge is 0.166 e. The minimum Gasteiger partial charge on any atom is -0.376 e. The molecule has 142 valence electrons. The molecule has 1 aliphatic heterocycles. The molecule has 1 saturated heterocycles. The highest BCUT2D eigenvalue weighted by Gasteiger charge is 2.15. The summed E-state index contributed by atoms with van der Waals surface area (Å²) in [5.74, 6) is 0.610. The number of thiocarbonyl (C=S) groups is 1. The highest BCUT2D eigenvalue weighted by molar-refractivity contribution is 7.80. The van der Waals surface area contributed by atoms with Gasteiger partial charge < -0.3 is 20.7 Å². The normalized spacial score (nSPS) is 16.1. The van der Waals surface area contributed by atoms with E-state index in [0.717, 1.165) is 42.5 Å². The zero-order valence-electron chi connectivity index (χ0n) is 15.8. The Balaban J connectivity index is 1.54. The third-order valence-electron chi connectivity index (χ3n) is 4.85. The Morgan fingerprint density at radius 3 is 2.93 bits per heavy atom. The van der Waals surface area contributed by atoms with E-state index in [-0.39, 0.29) is 6.10 Å². The molecule has 0 aliphatic carbocycles. The van der Waals surface area contributed by atoms with Crippen LogP contribution in [0.15, 0.2) is 18.2 Å². The first-order chi connectivity index (χ1) is 13.1. The lowest BCUT2D eigenvalue weighted by Gasteiger charge is -2.15. The zero-order chi connectivity index (χ0) is 19.2. The van der Waals surface area contributed by atoms with Crippen LogP contribution in [0.3, 0.4) is 0 Å². The summed E-state index contributed by atoms with van der Waals surface area (Å²) in [5.41, 5.74) is 3.80. The summed E-state index contributed by atoms with van der Waals surface area (Å²) in [5, 5.41) is 20.6. The van der Waals surface area contributed by atoms with Crippen molar-refractivity contribution < 1.29 is 4.74 Å². The third kappa shape index (κ3) is 4.85. The molecule has 27 heavy (non-hydrogen) atoms. The number of pyridine rings is 1. The lowest BCUT2D eigenvalue weighted by molar-refractivity contribution is 0.114. The van der Waals surface area contributed by atoms with Crippen molar-refractivity contribution in [1.82, 2.24) is 15.6 Å². The van der Waals surface area contributed by atoms with Crippen molar-refractivity contribution in [1.29, 1.82) is 5.26 Å². The van der Waals surface area contributed by atoms with Gasteiger partial charge in [0.1, 0.15) is 11.9 Å². The number of nitriles is 1. The zero-order valence-corrected chi connectivity index (χ0v) is 16.6. The van der Waals surface area contributed by atoms with Gasteiger partial charge in [-0.3, -0.25) is 0 Å². The molecule has 1 unspecified atom stereocenters. The van der Waals surface area contributed by atoms with Gasteiger partial charge in [-0.1, -0.05) is 12.1 Å². The largest absolute Gasteiger partial charge is 0.376 e. The predicted molar refractivity (Wildman–Crippen MR) is 112 cm³/mol. The Hall–Kier alpha value is -2.43. The lowest BCUT2D eigenvalue weighted by atomic mass is 10.0.